The van der Waals surface area contributed by atoms with E-state index >= 15 is 0 Å². The molecule has 0 radical (unpaired) electrons. The molecule has 0 bridgehead atoms. The molecule has 0 aliphatic heterocycles. The normalized spacial score (nSPS) is 23.4. The zero-order valence-corrected chi connectivity index (χ0v) is 12.1. The number of hydrogen-bond donors (Lipinski definition) is 4. The van der Waals surface area contributed by atoms with Gasteiger partial charge in [0.15, 0.2) is 0 Å². The Morgan fingerprint density at radius 3 is 2.42 bits per heavy atom. The van der Waals surface area contributed by atoms with Crippen LogP contribution in [-0.2, 0) is 11.1 Å². The van der Waals surface area contributed by atoms with Gasteiger partial charge >= 0.3 is 7.60 Å². The topological polar surface area (TPSA) is 116 Å². The molecule has 2 rings (SSSR count). The van der Waals surface area contributed by atoms with Crippen LogP contribution in [0.5, 0.6) is 0 Å². The number of rotatable bonds is 5. The van der Waals surface area contributed by atoms with Crippen molar-refractivity contribution in [2.24, 2.45) is 0 Å². The summed E-state index contributed by atoms with van der Waals surface area (Å²) in [4.78, 5) is 33.3. The summed E-state index contributed by atoms with van der Waals surface area (Å²) in [5, 5.41) is 7.99. The van der Waals surface area contributed by atoms with Gasteiger partial charge in [-0.1, -0.05) is 12.7 Å². The van der Waals surface area contributed by atoms with E-state index in [0.29, 0.717) is 12.8 Å². The quantitative estimate of drug-likeness (QED) is 0.593. The summed E-state index contributed by atoms with van der Waals surface area (Å²) in [6.45, 7) is -0.415. The van der Waals surface area contributed by atoms with Gasteiger partial charge in [0.1, 0.15) is 0 Å². The van der Waals surface area contributed by atoms with E-state index in [-0.39, 0.29) is 5.66 Å². The highest BCUT2D eigenvalue weighted by Gasteiger charge is 2.57. The highest BCUT2D eigenvalue weighted by molar-refractivity contribution is 7.81. The third-order valence-electron chi connectivity index (χ3n) is 3.72. The standard InChI is InChI=1S/C10H18N2O5P2/c1-18(14,9-3-2-4-9)10(13,19(15,16)17)7-12-6-5-11-8-12/h5-6,8-9,13-14H,1-4,7H2,(H2,15,16,17). The van der Waals surface area contributed by atoms with E-state index in [4.69, 9.17) is 0 Å². The first-order chi connectivity index (χ1) is 8.68. The summed E-state index contributed by atoms with van der Waals surface area (Å²) in [6.07, 6.45) is 10.0. The Hall–Kier alpha value is -0.420. The Morgan fingerprint density at radius 2 is 2.05 bits per heavy atom. The molecule has 1 aliphatic rings. The molecule has 1 aliphatic carbocycles. The molecule has 2 unspecified atom stereocenters. The minimum atomic E-state index is -4.94. The van der Waals surface area contributed by atoms with Crippen molar-refractivity contribution in [1.29, 1.82) is 0 Å². The molecule has 108 valence electrons. The lowest BCUT2D eigenvalue weighted by Crippen LogP contribution is -2.39. The molecule has 1 aromatic rings. The zero-order valence-electron chi connectivity index (χ0n) is 10.3. The molecule has 0 amide bonds. The van der Waals surface area contributed by atoms with E-state index in [0.717, 1.165) is 6.42 Å². The van der Waals surface area contributed by atoms with Crippen molar-refractivity contribution in [1.82, 2.24) is 9.55 Å². The first-order valence-electron chi connectivity index (χ1n) is 5.88. The van der Waals surface area contributed by atoms with Gasteiger partial charge < -0.3 is 24.4 Å². The Balaban J connectivity index is 2.40. The third-order valence-corrected chi connectivity index (χ3v) is 9.72. The lowest BCUT2D eigenvalue weighted by Gasteiger charge is -2.45. The summed E-state index contributed by atoms with van der Waals surface area (Å²) in [7, 11) is -8.38. The van der Waals surface area contributed by atoms with E-state index in [1.165, 1.54) is 23.3 Å². The van der Waals surface area contributed by atoms with Gasteiger partial charge in [0, 0.05) is 25.2 Å². The van der Waals surface area contributed by atoms with Gasteiger partial charge in [-0.15, -0.1) is 0 Å². The summed E-state index contributed by atoms with van der Waals surface area (Å²) in [6, 6.07) is 0. The molecule has 4 N–H and O–H groups in total. The smallest absolute Gasteiger partial charge is 0.365 e. The van der Waals surface area contributed by atoms with Crippen molar-refractivity contribution >= 4 is 21.0 Å². The average Bonchev–Trinajstić information content (AvgIpc) is 2.64. The van der Waals surface area contributed by atoms with E-state index in [2.05, 4.69) is 11.3 Å². The van der Waals surface area contributed by atoms with Gasteiger partial charge in [0.2, 0.25) is 5.08 Å². The van der Waals surface area contributed by atoms with Crippen LogP contribution < -0.4 is 0 Å². The lowest BCUT2D eigenvalue weighted by molar-refractivity contribution is 0.137. The van der Waals surface area contributed by atoms with E-state index < -0.39 is 26.3 Å². The molecule has 19 heavy (non-hydrogen) atoms. The molecule has 0 saturated heterocycles. The van der Waals surface area contributed by atoms with Crippen LogP contribution in [0, 0.1) is 0 Å². The zero-order chi connectivity index (χ0) is 14.3. The summed E-state index contributed by atoms with van der Waals surface area (Å²) >= 11 is 0. The Bertz CT molecular complexity index is 536. The predicted molar refractivity (Wildman–Crippen MR) is 73.1 cm³/mol. The van der Waals surface area contributed by atoms with Crippen molar-refractivity contribution in [3.63, 3.8) is 0 Å². The van der Waals surface area contributed by atoms with Crippen LogP contribution in [0.4, 0.5) is 0 Å². The van der Waals surface area contributed by atoms with Crippen molar-refractivity contribution in [2.45, 2.75) is 36.5 Å². The molecular weight excluding hydrogens is 290 g/mol. The lowest BCUT2D eigenvalue weighted by atomic mass is 10.00. The fraction of sp³-hybridized carbons (Fsp3) is 0.600. The molecule has 0 spiro atoms. The van der Waals surface area contributed by atoms with E-state index in [9.17, 15) is 24.4 Å². The summed E-state index contributed by atoms with van der Waals surface area (Å²) in [5.41, 5.74) is -0.311. The molecule has 1 heterocycles. The van der Waals surface area contributed by atoms with Gasteiger partial charge in [-0.25, -0.2) is 4.98 Å². The fourth-order valence-corrected chi connectivity index (χ4v) is 7.03. The van der Waals surface area contributed by atoms with Crippen LogP contribution >= 0.6 is 14.7 Å². The monoisotopic (exact) mass is 308 g/mol. The number of nitrogens with zero attached hydrogens (tertiary/aromatic N) is 2. The maximum Gasteiger partial charge on any atom is 0.365 e. The van der Waals surface area contributed by atoms with Crippen molar-refractivity contribution in [3.05, 3.63) is 18.7 Å². The number of hydrogen-bond acceptors (Lipinski definition) is 4. The van der Waals surface area contributed by atoms with Crippen LogP contribution in [0.2, 0.25) is 0 Å². The predicted octanol–water partition coefficient (Wildman–Crippen LogP) is 0.616. The Morgan fingerprint density at radius 1 is 1.42 bits per heavy atom. The third kappa shape index (κ3) is 2.47. The maximum absolute atomic E-state index is 11.7. The molecule has 0 aromatic carbocycles. The molecule has 9 heteroatoms. The van der Waals surface area contributed by atoms with Gasteiger partial charge in [-0.3, -0.25) is 4.57 Å². The van der Waals surface area contributed by atoms with Crippen LogP contribution in [0.1, 0.15) is 19.3 Å². The number of imidazole rings is 1. The van der Waals surface area contributed by atoms with Gasteiger partial charge in [0.05, 0.1) is 12.9 Å². The molecular formula is C10H18N2O5P2. The molecule has 7 nitrogen and oxygen atoms in total. The van der Waals surface area contributed by atoms with Crippen molar-refractivity contribution < 1.29 is 24.4 Å². The minimum Gasteiger partial charge on any atom is -0.373 e. The first kappa shape index (κ1) is 15.0. The highest BCUT2D eigenvalue weighted by Crippen LogP contribution is 2.74. The summed E-state index contributed by atoms with van der Waals surface area (Å²) in [5.74, 6) is 0. The summed E-state index contributed by atoms with van der Waals surface area (Å²) < 4.78 is 13.1. The minimum absolute atomic E-state index is 0.311. The first-order valence-corrected chi connectivity index (χ1v) is 9.49. The van der Waals surface area contributed by atoms with E-state index in [1.807, 2.05) is 0 Å². The van der Waals surface area contributed by atoms with Gasteiger partial charge in [-0.2, -0.15) is 0 Å². The number of aliphatic hydroxyl groups is 1. The second-order valence-electron chi connectivity index (χ2n) is 4.96. The highest BCUT2D eigenvalue weighted by atomic mass is 31.2. The van der Waals surface area contributed by atoms with Crippen LogP contribution in [0.3, 0.4) is 0 Å². The fourth-order valence-electron chi connectivity index (χ4n) is 2.17. The molecule has 1 saturated carbocycles. The van der Waals surface area contributed by atoms with Crippen molar-refractivity contribution in [3.8, 4) is 0 Å². The maximum atomic E-state index is 11.7. The van der Waals surface area contributed by atoms with Gasteiger partial charge in [-0.05, 0) is 12.8 Å². The van der Waals surface area contributed by atoms with Crippen LogP contribution in [-0.4, -0.2) is 46.4 Å². The van der Waals surface area contributed by atoms with E-state index in [1.54, 1.807) is 0 Å². The second-order valence-corrected chi connectivity index (χ2v) is 10.3. The number of aromatic nitrogens is 2. The molecule has 1 aromatic heterocycles. The van der Waals surface area contributed by atoms with Gasteiger partial charge in [0.25, 0.3) is 0 Å². The van der Waals surface area contributed by atoms with Crippen molar-refractivity contribution in [2.75, 3.05) is 0 Å². The Kier molecular flexibility index (Phi) is 3.82. The van der Waals surface area contributed by atoms with Crippen LogP contribution in [0.25, 0.3) is 0 Å². The SMILES string of the molecule is C=P(O)(C1CCC1)C(O)(Cn1ccnc1)P(=O)(O)O. The van der Waals surface area contributed by atoms with Crippen LogP contribution in [0.15, 0.2) is 18.7 Å². The second kappa shape index (κ2) is 4.85. The Labute approximate surface area is 111 Å². The molecule has 2 atom stereocenters. The largest absolute Gasteiger partial charge is 0.373 e. The molecule has 1 fully saturated rings. The average molecular weight is 308 g/mol.